The van der Waals surface area contributed by atoms with Gasteiger partial charge >= 0.3 is 12.0 Å². The number of rotatable bonds is 6. The van der Waals surface area contributed by atoms with Crippen LogP contribution in [0.25, 0.3) is 5.70 Å². The lowest BCUT2D eigenvalue weighted by Crippen LogP contribution is -2.45. The average molecular weight is 382 g/mol. The van der Waals surface area contributed by atoms with Crippen molar-refractivity contribution in [2.75, 3.05) is 20.8 Å². The molecule has 0 saturated carbocycles. The summed E-state index contributed by atoms with van der Waals surface area (Å²) < 4.78 is 16.0. The maximum atomic E-state index is 12.9. The first-order chi connectivity index (χ1) is 13.6. The van der Waals surface area contributed by atoms with Crippen molar-refractivity contribution in [3.8, 4) is 11.5 Å². The maximum absolute atomic E-state index is 12.9. The van der Waals surface area contributed by atoms with Gasteiger partial charge in [0, 0.05) is 11.6 Å². The molecule has 2 amide bonds. The van der Waals surface area contributed by atoms with Crippen LogP contribution >= 0.6 is 0 Å². The fourth-order valence-corrected chi connectivity index (χ4v) is 3.12. The Morgan fingerprint density at radius 3 is 2.46 bits per heavy atom. The highest BCUT2D eigenvalue weighted by Gasteiger charge is 2.35. The van der Waals surface area contributed by atoms with Gasteiger partial charge in [-0.3, -0.25) is 0 Å². The van der Waals surface area contributed by atoms with Gasteiger partial charge in [-0.1, -0.05) is 30.3 Å². The van der Waals surface area contributed by atoms with Crippen molar-refractivity contribution >= 4 is 17.7 Å². The molecule has 1 aliphatic heterocycles. The molecular weight excluding hydrogens is 360 g/mol. The van der Waals surface area contributed by atoms with Gasteiger partial charge in [0.2, 0.25) is 0 Å². The van der Waals surface area contributed by atoms with Gasteiger partial charge in [-0.2, -0.15) is 0 Å². The Labute approximate surface area is 163 Å². The lowest BCUT2D eigenvalue weighted by molar-refractivity contribution is -0.138. The van der Waals surface area contributed by atoms with E-state index in [4.69, 9.17) is 14.2 Å². The average Bonchev–Trinajstić information content (AvgIpc) is 2.73. The third-order valence-electron chi connectivity index (χ3n) is 4.38. The molecule has 1 aliphatic rings. The summed E-state index contributed by atoms with van der Waals surface area (Å²) >= 11 is 0. The largest absolute Gasteiger partial charge is 0.497 e. The minimum atomic E-state index is -0.746. The number of nitrogens with one attached hydrogen (secondary N) is 2. The zero-order valence-electron chi connectivity index (χ0n) is 15.9. The summed E-state index contributed by atoms with van der Waals surface area (Å²) in [4.78, 5) is 25.3. The molecule has 2 aromatic rings. The zero-order chi connectivity index (χ0) is 20.1. The van der Waals surface area contributed by atoms with Crippen molar-refractivity contribution in [3.63, 3.8) is 0 Å². The van der Waals surface area contributed by atoms with Crippen molar-refractivity contribution < 1.29 is 23.8 Å². The summed E-state index contributed by atoms with van der Waals surface area (Å²) in [6, 6.07) is 13.2. The van der Waals surface area contributed by atoms with Crippen LogP contribution in [0.2, 0.25) is 0 Å². The van der Waals surface area contributed by atoms with Gasteiger partial charge < -0.3 is 24.8 Å². The molecule has 7 nitrogen and oxygen atoms in total. The SMILES string of the molecule is CCOC(=O)C1=C(c2ccccc2)NC(=O)N[C@@H]1c1ccc(OC)cc1OC. The van der Waals surface area contributed by atoms with Crippen LogP contribution in [0.5, 0.6) is 11.5 Å². The van der Waals surface area contributed by atoms with E-state index in [0.29, 0.717) is 33.9 Å². The van der Waals surface area contributed by atoms with Gasteiger partial charge in [-0.25, -0.2) is 9.59 Å². The Morgan fingerprint density at radius 1 is 1.07 bits per heavy atom. The Morgan fingerprint density at radius 2 is 1.82 bits per heavy atom. The molecule has 3 rings (SSSR count). The molecule has 0 aromatic heterocycles. The second kappa shape index (κ2) is 8.47. The molecule has 146 valence electrons. The topological polar surface area (TPSA) is 85.9 Å². The number of methoxy groups -OCH3 is 2. The van der Waals surface area contributed by atoms with Crippen molar-refractivity contribution in [2.24, 2.45) is 0 Å². The lowest BCUT2D eigenvalue weighted by Gasteiger charge is -2.30. The molecule has 1 heterocycles. The zero-order valence-corrected chi connectivity index (χ0v) is 15.9. The van der Waals surface area contributed by atoms with Crippen molar-refractivity contribution in [3.05, 3.63) is 65.2 Å². The van der Waals surface area contributed by atoms with Crippen LogP contribution in [-0.4, -0.2) is 32.8 Å². The minimum Gasteiger partial charge on any atom is -0.497 e. The van der Waals surface area contributed by atoms with Gasteiger partial charge in [0.05, 0.1) is 38.1 Å². The van der Waals surface area contributed by atoms with Crippen LogP contribution in [0, 0.1) is 0 Å². The number of benzene rings is 2. The normalized spacial score (nSPS) is 16.1. The molecule has 0 spiro atoms. The predicted octanol–water partition coefficient (Wildman–Crippen LogP) is 3.03. The van der Waals surface area contributed by atoms with Crippen LogP contribution in [0.4, 0.5) is 4.79 Å². The second-order valence-electron chi connectivity index (χ2n) is 6.01. The molecule has 1 atom stereocenters. The van der Waals surface area contributed by atoms with Crippen LogP contribution in [0.15, 0.2) is 54.1 Å². The number of carbonyl (C=O) groups is 2. The highest BCUT2D eigenvalue weighted by atomic mass is 16.5. The fraction of sp³-hybridized carbons (Fsp3) is 0.238. The van der Waals surface area contributed by atoms with E-state index in [1.807, 2.05) is 30.3 Å². The lowest BCUT2D eigenvalue weighted by atomic mass is 9.92. The summed E-state index contributed by atoms with van der Waals surface area (Å²) in [7, 11) is 3.07. The molecule has 0 unspecified atom stereocenters. The summed E-state index contributed by atoms with van der Waals surface area (Å²) in [5.74, 6) is 0.572. The van der Waals surface area contributed by atoms with Gasteiger partial charge in [-0.05, 0) is 24.6 Å². The minimum absolute atomic E-state index is 0.213. The number of hydrogen-bond acceptors (Lipinski definition) is 5. The van der Waals surface area contributed by atoms with Crippen molar-refractivity contribution in [2.45, 2.75) is 13.0 Å². The molecule has 2 aromatic carbocycles. The summed E-state index contributed by atoms with van der Waals surface area (Å²) in [5, 5.41) is 5.55. The second-order valence-corrected chi connectivity index (χ2v) is 6.01. The predicted molar refractivity (Wildman–Crippen MR) is 104 cm³/mol. The first-order valence-electron chi connectivity index (χ1n) is 8.85. The van der Waals surface area contributed by atoms with Crippen LogP contribution < -0.4 is 20.1 Å². The third-order valence-corrected chi connectivity index (χ3v) is 4.38. The van der Waals surface area contributed by atoms with Gasteiger partial charge in [0.25, 0.3) is 0 Å². The van der Waals surface area contributed by atoms with Crippen LogP contribution in [0.1, 0.15) is 24.1 Å². The molecular formula is C21H22N2O5. The highest BCUT2D eigenvalue weighted by Crippen LogP contribution is 2.37. The van der Waals surface area contributed by atoms with Gasteiger partial charge in [0.15, 0.2) is 0 Å². The van der Waals surface area contributed by atoms with E-state index in [1.54, 1.807) is 32.2 Å². The summed E-state index contributed by atoms with van der Waals surface area (Å²) in [6.07, 6.45) is 0. The van der Waals surface area contributed by atoms with Crippen LogP contribution in [-0.2, 0) is 9.53 Å². The van der Waals surface area contributed by atoms with Gasteiger partial charge in [0.1, 0.15) is 11.5 Å². The molecule has 0 radical (unpaired) electrons. The van der Waals surface area contributed by atoms with Crippen molar-refractivity contribution in [1.82, 2.24) is 10.6 Å². The van der Waals surface area contributed by atoms with E-state index in [-0.39, 0.29) is 6.61 Å². The molecule has 0 fully saturated rings. The number of ether oxygens (including phenoxy) is 3. The summed E-state index contributed by atoms with van der Waals surface area (Å²) in [5.41, 5.74) is 2.04. The molecule has 0 aliphatic carbocycles. The Kier molecular flexibility index (Phi) is 5.84. The fourth-order valence-electron chi connectivity index (χ4n) is 3.12. The number of urea groups is 1. The maximum Gasteiger partial charge on any atom is 0.338 e. The number of hydrogen-bond donors (Lipinski definition) is 2. The Balaban J connectivity index is 2.20. The van der Waals surface area contributed by atoms with Crippen LogP contribution in [0.3, 0.4) is 0 Å². The standard InChI is InChI=1S/C21H22N2O5/c1-4-28-20(24)17-18(13-8-6-5-7-9-13)22-21(25)23-19(17)15-11-10-14(26-2)12-16(15)27-3/h5-12,19H,4H2,1-3H3,(H2,22,23,25)/t19-/m1/s1. The van der Waals surface area contributed by atoms with Crippen molar-refractivity contribution in [1.29, 1.82) is 0 Å². The molecule has 28 heavy (non-hydrogen) atoms. The smallest absolute Gasteiger partial charge is 0.338 e. The third kappa shape index (κ3) is 3.78. The molecule has 7 heteroatoms. The number of carbonyl (C=O) groups excluding carboxylic acids is 2. The Hall–Kier alpha value is -3.48. The quantitative estimate of drug-likeness (QED) is 0.750. The van der Waals surface area contributed by atoms with E-state index in [9.17, 15) is 9.59 Å². The van der Waals surface area contributed by atoms with E-state index in [1.165, 1.54) is 7.11 Å². The first kappa shape index (κ1) is 19.3. The van der Waals surface area contributed by atoms with Gasteiger partial charge in [-0.15, -0.1) is 0 Å². The highest BCUT2D eigenvalue weighted by molar-refractivity contribution is 6.04. The first-order valence-corrected chi connectivity index (χ1v) is 8.85. The monoisotopic (exact) mass is 382 g/mol. The molecule has 2 N–H and O–H groups in total. The summed E-state index contributed by atoms with van der Waals surface area (Å²) in [6.45, 7) is 1.95. The molecule has 0 saturated heterocycles. The number of esters is 1. The van der Waals surface area contributed by atoms with E-state index < -0.39 is 18.0 Å². The number of amides is 2. The van der Waals surface area contributed by atoms with E-state index in [0.717, 1.165) is 0 Å². The van der Waals surface area contributed by atoms with E-state index >= 15 is 0 Å². The Bertz CT molecular complexity index is 908. The van der Waals surface area contributed by atoms with E-state index in [2.05, 4.69) is 10.6 Å². The molecule has 0 bridgehead atoms.